The van der Waals surface area contributed by atoms with Gasteiger partial charge in [0.25, 0.3) is 0 Å². The van der Waals surface area contributed by atoms with Crippen molar-refractivity contribution in [1.29, 1.82) is 0 Å². The zero-order valence-corrected chi connectivity index (χ0v) is 10.2. The fourth-order valence-corrected chi connectivity index (χ4v) is 1.74. The fourth-order valence-electron chi connectivity index (χ4n) is 1.74. The molecule has 0 saturated carbocycles. The summed E-state index contributed by atoms with van der Waals surface area (Å²) < 4.78 is 0. The second-order valence-corrected chi connectivity index (χ2v) is 4.02. The number of rotatable bonds is 6. The fraction of sp³-hybridized carbons (Fsp3) is 0.571. The van der Waals surface area contributed by atoms with E-state index in [2.05, 4.69) is 40.9 Å². The highest BCUT2D eigenvalue weighted by atomic mass is 14.1. The molecular formula is C14H24. The monoisotopic (exact) mass is 192 g/mol. The first-order chi connectivity index (χ1) is 6.54. The molecule has 0 rings (SSSR count). The molecule has 0 nitrogen and oxygen atoms in total. The predicted molar refractivity (Wildman–Crippen MR) is 66.5 cm³/mol. The van der Waals surface area contributed by atoms with Gasteiger partial charge in [0.05, 0.1) is 0 Å². The van der Waals surface area contributed by atoms with E-state index >= 15 is 0 Å². The smallest absolute Gasteiger partial charge is 0.0276 e. The zero-order valence-electron chi connectivity index (χ0n) is 10.2. The molecule has 0 aromatic rings. The van der Waals surface area contributed by atoms with E-state index in [-0.39, 0.29) is 0 Å². The van der Waals surface area contributed by atoms with Crippen LogP contribution in [0.3, 0.4) is 0 Å². The third kappa shape index (κ3) is 3.95. The highest BCUT2D eigenvalue weighted by molar-refractivity contribution is 5.41. The van der Waals surface area contributed by atoms with E-state index in [1.165, 1.54) is 35.1 Å². The van der Waals surface area contributed by atoms with E-state index in [0.717, 1.165) is 12.8 Å². The van der Waals surface area contributed by atoms with Gasteiger partial charge in [-0.1, -0.05) is 51.0 Å². The summed E-state index contributed by atoms with van der Waals surface area (Å²) in [5.74, 6) is 0. The summed E-state index contributed by atoms with van der Waals surface area (Å²) in [5, 5.41) is 0. The van der Waals surface area contributed by atoms with Crippen molar-refractivity contribution in [3.8, 4) is 0 Å². The Bertz CT molecular complexity index is 215. The second-order valence-electron chi connectivity index (χ2n) is 4.02. The van der Waals surface area contributed by atoms with Gasteiger partial charge in [-0.25, -0.2) is 0 Å². The lowest BCUT2D eigenvalue weighted by atomic mass is 9.91. The first-order valence-electron chi connectivity index (χ1n) is 5.58. The van der Waals surface area contributed by atoms with E-state index in [1.807, 2.05) is 0 Å². The first kappa shape index (κ1) is 13.2. The minimum absolute atomic E-state index is 1.14. The lowest BCUT2D eigenvalue weighted by molar-refractivity contribution is 0.849. The van der Waals surface area contributed by atoms with Gasteiger partial charge in [-0.2, -0.15) is 0 Å². The van der Waals surface area contributed by atoms with Gasteiger partial charge < -0.3 is 0 Å². The Morgan fingerprint density at radius 1 is 0.786 bits per heavy atom. The van der Waals surface area contributed by atoms with Gasteiger partial charge in [0, 0.05) is 0 Å². The van der Waals surface area contributed by atoms with Crippen molar-refractivity contribution < 1.29 is 0 Å². The first-order valence-corrected chi connectivity index (χ1v) is 5.58. The van der Waals surface area contributed by atoms with Crippen molar-refractivity contribution in [3.63, 3.8) is 0 Å². The van der Waals surface area contributed by atoms with Crippen molar-refractivity contribution >= 4 is 0 Å². The van der Waals surface area contributed by atoms with Crippen LogP contribution in [0.1, 0.15) is 53.4 Å². The Kier molecular flexibility index (Phi) is 6.27. The second kappa shape index (κ2) is 6.64. The summed E-state index contributed by atoms with van der Waals surface area (Å²) in [6.07, 6.45) is 4.64. The van der Waals surface area contributed by atoms with E-state index in [0.29, 0.717) is 0 Å². The molecule has 0 heterocycles. The van der Waals surface area contributed by atoms with E-state index in [4.69, 9.17) is 0 Å². The molecule has 0 aliphatic carbocycles. The normalized spacial score (nSPS) is 12.3. The summed E-state index contributed by atoms with van der Waals surface area (Å²) in [7, 11) is 0. The average molecular weight is 192 g/mol. The maximum atomic E-state index is 4.06. The molecule has 0 fully saturated rings. The highest BCUT2D eigenvalue weighted by Gasteiger charge is 2.06. The molecule has 0 aliphatic rings. The Labute approximate surface area is 89.4 Å². The van der Waals surface area contributed by atoms with Gasteiger partial charge in [0.1, 0.15) is 0 Å². The molecule has 14 heavy (non-hydrogen) atoms. The zero-order chi connectivity index (χ0) is 11.1. The van der Waals surface area contributed by atoms with Crippen molar-refractivity contribution in [2.24, 2.45) is 0 Å². The molecule has 0 spiro atoms. The lowest BCUT2D eigenvalue weighted by Crippen LogP contribution is -1.95. The molecule has 0 atom stereocenters. The molecule has 0 bridgehead atoms. The number of allylic oxidation sites excluding steroid dienone is 4. The van der Waals surface area contributed by atoms with Crippen LogP contribution < -0.4 is 0 Å². The van der Waals surface area contributed by atoms with E-state index in [1.54, 1.807) is 0 Å². The molecule has 0 aliphatic heterocycles. The van der Waals surface area contributed by atoms with Gasteiger partial charge >= 0.3 is 0 Å². The molecule has 0 amide bonds. The van der Waals surface area contributed by atoms with Crippen LogP contribution in [-0.2, 0) is 0 Å². The predicted octanol–water partition coefficient (Wildman–Crippen LogP) is 5.04. The van der Waals surface area contributed by atoms with Gasteiger partial charge in [0.15, 0.2) is 0 Å². The molecule has 0 radical (unpaired) electrons. The van der Waals surface area contributed by atoms with Gasteiger partial charge in [0.2, 0.25) is 0 Å². The molecule has 0 saturated heterocycles. The largest absolute Gasteiger partial charge is 0.0958 e. The van der Waals surface area contributed by atoms with Crippen molar-refractivity contribution in [2.45, 2.75) is 53.4 Å². The van der Waals surface area contributed by atoms with Crippen LogP contribution in [0.15, 0.2) is 35.5 Å². The average Bonchev–Trinajstić information content (AvgIpc) is 2.10. The van der Waals surface area contributed by atoms with Crippen LogP contribution in [0.5, 0.6) is 0 Å². The van der Waals surface area contributed by atoms with Crippen LogP contribution in [-0.4, -0.2) is 0 Å². The van der Waals surface area contributed by atoms with Gasteiger partial charge in [-0.3, -0.25) is 0 Å². The third-order valence-corrected chi connectivity index (χ3v) is 2.39. The van der Waals surface area contributed by atoms with Crippen molar-refractivity contribution in [1.82, 2.24) is 0 Å². The van der Waals surface area contributed by atoms with Crippen molar-refractivity contribution in [3.05, 3.63) is 35.5 Å². The lowest BCUT2D eigenvalue weighted by Gasteiger charge is -2.14. The van der Waals surface area contributed by atoms with Crippen LogP contribution in [0, 0.1) is 0 Å². The Balaban J connectivity index is 5.03. The Hall–Kier alpha value is -0.780. The minimum Gasteiger partial charge on any atom is -0.0958 e. The van der Waals surface area contributed by atoms with Crippen LogP contribution in [0.25, 0.3) is 0 Å². The quantitative estimate of drug-likeness (QED) is 0.517. The van der Waals surface area contributed by atoms with Crippen LogP contribution >= 0.6 is 0 Å². The molecular weight excluding hydrogens is 168 g/mol. The van der Waals surface area contributed by atoms with Crippen molar-refractivity contribution in [2.75, 3.05) is 0 Å². The van der Waals surface area contributed by atoms with E-state index < -0.39 is 0 Å². The summed E-state index contributed by atoms with van der Waals surface area (Å²) in [6.45, 7) is 16.7. The summed E-state index contributed by atoms with van der Waals surface area (Å²) >= 11 is 0. The SMILES string of the molecule is C=C(C)/C(CCC)=C(/CCC)C(=C)C. The van der Waals surface area contributed by atoms with Gasteiger partial charge in [-0.05, 0) is 37.8 Å². The standard InChI is InChI=1S/C14H24/c1-7-9-13(11(3)4)14(10-8-2)12(5)6/h3,5,7-10H2,1-2,4,6H3/b14-13-. The number of hydrogen-bond donors (Lipinski definition) is 0. The van der Waals surface area contributed by atoms with Crippen LogP contribution in [0.4, 0.5) is 0 Å². The highest BCUT2D eigenvalue weighted by Crippen LogP contribution is 2.26. The Morgan fingerprint density at radius 2 is 1.07 bits per heavy atom. The van der Waals surface area contributed by atoms with Gasteiger partial charge in [-0.15, -0.1) is 0 Å². The molecule has 0 unspecified atom stereocenters. The summed E-state index contributed by atoms with van der Waals surface area (Å²) in [4.78, 5) is 0. The Morgan fingerprint density at radius 3 is 1.21 bits per heavy atom. The summed E-state index contributed by atoms with van der Waals surface area (Å²) in [6, 6.07) is 0. The maximum Gasteiger partial charge on any atom is -0.0276 e. The maximum absolute atomic E-state index is 4.06. The summed E-state index contributed by atoms with van der Waals surface area (Å²) in [5.41, 5.74) is 5.28. The third-order valence-electron chi connectivity index (χ3n) is 2.39. The minimum atomic E-state index is 1.14. The topological polar surface area (TPSA) is 0 Å². The molecule has 0 aromatic heterocycles. The van der Waals surface area contributed by atoms with Crippen LogP contribution in [0.2, 0.25) is 0 Å². The molecule has 0 N–H and O–H groups in total. The molecule has 0 aromatic carbocycles. The number of hydrogen-bond acceptors (Lipinski definition) is 0. The molecule has 0 heteroatoms. The van der Waals surface area contributed by atoms with E-state index in [9.17, 15) is 0 Å². The molecule has 80 valence electrons.